The minimum absolute atomic E-state index is 0.0585. The van der Waals surface area contributed by atoms with Crippen molar-refractivity contribution in [3.05, 3.63) is 39.5 Å². The van der Waals surface area contributed by atoms with E-state index in [1.165, 1.54) is 11.3 Å². The van der Waals surface area contributed by atoms with Crippen LogP contribution in [0, 0.1) is 0 Å². The number of halogens is 1. The summed E-state index contributed by atoms with van der Waals surface area (Å²) in [6.45, 7) is 7.19. The minimum atomic E-state index is -0.512. The Bertz CT molecular complexity index is 1070. The van der Waals surface area contributed by atoms with Crippen molar-refractivity contribution in [1.82, 2.24) is 10.6 Å². The Morgan fingerprint density at radius 1 is 1.17 bits per heavy atom. The SMILES string of the molecule is CC(C)(C)OC(=O)NCCNc1ccc2c(c1)OCC1COC(=O)N21.CNC(=O)c1ccc(Cl)s1. The van der Waals surface area contributed by atoms with E-state index in [1.807, 2.05) is 39.0 Å². The van der Waals surface area contributed by atoms with Gasteiger partial charge >= 0.3 is 12.2 Å². The highest BCUT2D eigenvalue weighted by Crippen LogP contribution is 2.38. The van der Waals surface area contributed by atoms with Crippen molar-refractivity contribution in [1.29, 1.82) is 0 Å². The van der Waals surface area contributed by atoms with Gasteiger partial charge in [0.05, 0.1) is 14.9 Å². The van der Waals surface area contributed by atoms with Crippen molar-refractivity contribution in [2.75, 3.05) is 43.6 Å². The number of nitrogens with zero attached hydrogens (tertiary/aromatic N) is 1. The van der Waals surface area contributed by atoms with Gasteiger partial charge in [-0.1, -0.05) is 11.6 Å². The molecule has 1 aromatic heterocycles. The van der Waals surface area contributed by atoms with Crippen molar-refractivity contribution in [2.24, 2.45) is 0 Å². The van der Waals surface area contributed by atoms with Crippen LogP contribution >= 0.6 is 22.9 Å². The molecule has 1 fully saturated rings. The molecule has 1 unspecified atom stereocenters. The van der Waals surface area contributed by atoms with Gasteiger partial charge < -0.3 is 30.2 Å². The second-order valence-electron chi connectivity index (χ2n) is 8.63. The highest BCUT2D eigenvalue weighted by molar-refractivity contribution is 7.17. The van der Waals surface area contributed by atoms with Crippen molar-refractivity contribution in [2.45, 2.75) is 32.4 Å². The van der Waals surface area contributed by atoms with E-state index in [9.17, 15) is 14.4 Å². The Morgan fingerprint density at radius 3 is 2.57 bits per heavy atom. The molecular weight excluding hydrogens is 496 g/mol. The van der Waals surface area contributed by atoms with Crippen LogP contribution in [0.25, 0.3) is 0 Å². The summed E-state index contributed by atoms with van der Waals surface area (Å²) < 4.78 is 16.6. The molecule has 1 atom stereocenters. The Hall–Kier alpha value is -3.18. The minimum Gasteiger partial charge on any atom is -0.489 e. The number of ether oxygens (including phenoxy) is 3. The van der Waals surface area contributed by atoms with Crippen LogP contribution in [0.4, 0.5) is 21.0 Å². The molecule has 2 aliphatic rings. The molecule has 3 heterocycles. The van der Waals surface area contributed by atoms with Crippen LogP contribution in [-0.2, 0) is 9.47 Å². The molecule has 1 aromatic carbocycles. The second-order valence-corrected chi connectivity index (χ2v) is 10.3. The van der Waals surface area contributed by atoms with Crippen LogP contribution in [0.3, 0.4) is 0 Å². The maximum Gasteiger partial charge on any atom is 0.414 e. The normalized spacial score (nSPS) is 16.0. The van der Waals surface area contributed by atoms with Gasteiger partial charge in [0.1, 0.15) is 30.6 Å². The van der Waals surface area contributed by atoms with Crippen molar-refractivity contribution < 1.29 is 28.6 Å². The first-order valence-corrected chi connectivity index (χ1v) is 12.2. The first-order valence-electron chi connectivity index (χ1n) is 11.0. The molecule has 0 saturated carbocycles. The van der Waals surface area contributed by atoms with E-state index >= 15 is 0 Å². The number of thiophene rings is 1. The smallest absolute Gasteiger partial charge is 0.414 e. The predicted octanol–water partition coefficient (Wildman–Crippen LogP) is 4.10. The summed E-state index contributed by atoms with van der Waals surface area (Å²) in [5.41, 5.74) is 1.05. The number of anilines is 2. The van der Waals surface area contributed by atoms with Gasteiger partial charge in [0.2, 0.25) is 0 Å². The number of alkyl carbamates (subject to hydrolysis) is 1. The van der Waals surface area contributed by atoms with Gasteiger partial charge in [0, 0.05) is 31.9 Å². The molecule has 0 spiro atoms. The second kappa shape index (κ2) is 11.5. The largest absolute Gasteiger partial charge is 0.489 e. The van der Waals surface area contributed by atoms with Crippen molar-refractivity contribution in [3.63, 3.8) is 0 Å². The molecule has 1 saturated heterocycles. The molecule has 10 nitrogen and oxygen atoms in total. The van der Waals surface area contributed by atoms with E-state index < -0.39 is 11.7 Å². The van der Waals surface area contributed by atoms with Crippen LogP contribution in [0.15, 0.2) is 30.3 Å². The molecule has 3 N–H and O–H groups in total. The van der Waals surface area contributed by atoms with Crippen molar-refractivity contribution in [3.8, 4) is 5.75 Å². The summed E-state index contributed by atoms with van der Waals surface area (Å²) in [5, 5.41) is 8.39. The Kier molecular flexibility index (Phi) is 8.68. The number of nitrogens with one attached hydrogen (secondary N) is 3. The molecule has 2 aromatic rings. The zero-order chi connectivity index (χ0) is 25.6. The highest BCUT2D eigenvalue weighted by Gasteiger charge is 2.39. The number of benzene rings is 1. The van der Waals surface area contributed by atoms with E-state index in [1.54, 1.807) is 24.1 Å². The summed E-state index contributed by atoms with van der Waals surface area (Å²) >= 11 is 6.87. The average Bonchev–Trinajstić information content (AvgIpc) is 3.41. The Morgan fingerprint density at radius 2 is 1.91 bits per heavy atom. The number of carbonyl (C=O) groups is 3. The maximum atomic E-state index is 11.8. The highest BCUT2D eigenvalue weighted by atomic mass is 35.5. The van der Waals surface area contributed by atoms with E-state index in [4.69, 9.17) is 25.8 Å². The summed E-state index contributed by atoms with van der Waals surface area (Å²) in [6, 6.07) is 8.88. The van der Waals surface area contributed by atoms with Gasteiger partial charge in [-0.05, 0) is 45.0 Å². The summed E-state index contributed by atoms with van der Waals surface area (Å²) in [4.78, 5) is 36.5. The molecule has 4 rings (SSSR count). The lowest BCUT2D eigenvalue weighted by atomic mass is 10.1. The standard InChI is InChI=1S/C17H23N3O5.C6H6ClNOS/c1-17(2,3)25-15(21)19-7-6-18-11-4-5-13-14(8-11)23-9-12-10-24-16(22)20(12)13;1-8-6(9)4-2-3-5(7)10-4/h4-5,8,12,18H,6-7,9-10H2,1-3H3,(H,19,21);2-3H,1H3,(H,8,9). The number of hydrogen-bond donors (Lipinski definition) is 3. The van der Waals surface area contributed by atoms with Crippen LogP contribution in [0.2, 0.25) is 4.34 Å². The quantitative estimate of drug-likeness (QED) is 0.504. The number of carbonyl (C=O) groups excluding carboxylic acids is 3. The van der Waals surface area contributed by atoms with Crippen LogP contribution in [0.5, 0.6) is 5.75 Å². The summed E-state index contributed by atoms with van der Waals surface area (Å²) in [7, 11) is 1.59. The Labute approximate surface area is 212 Å². The van der Waals surface area contributed by atoms with Crippen LogP contribution in [-0.4, -0.2) is 63.1 Å². The number of amides is 3. The topological polar surface area (TPSA) is 118 Å². The van der Waals surface area contributed by atoms with Crippen LogP contribution < -0.4 is 25.6 Å². The monoisotopic (exact) mass is 524 g/mol. The van der Waals surface area contributed by atoms with Crippen LogP contribution in [0.1, 0.15) is 30.4 Å². The third kappa shape index (κ3) is 7.40. The lowest BCUT2D eigenvalue weighted by Crippen LogP contribution is -2.41. The fraction of sp³-hybridized carbons (Fsp3) is 0.435. The first-order chi connectivity index (χ1) is 16.6. The number of hydrogen-bond acceptors (Lipinski definition) is 8. The van der Waals surface area contributed by atoms with E-state index in [2.05, 4.69) is 16.0 Å². The zero-order valence-corrected chi connectivity index (χ0v) is 21.5. The van der Waals surface area contributed by atoms with Crippen molar-refractivity contribution >= 4 is 52.4 Å². The van der Waals surface area contributed by atoms with Gasteiger partial charge in [-0.2, -0.15) is 0 Å². The van der Waals surface area contributed by atoms with Gasteiger partial charge in [0.25, 0.3) is 5.91 Å². The first kappa shape index (κ1) is 26.4. The predicted molar refractivity (Wildman–Crippen MR) is 135 cm³/mol. The molecule has 3 amide bonds. The lowest BCUT2D eigenvalue weighted by Gasteiger charge is -2.29. The fourth-order valence-corrected chi connectivity index (χ4v) is 4.24. The molecule has 0 bridgehead atoms. The third-order valence-corrected chi connectivity index (χ3v) is 5.99. The maximum absolute atomic E-state index is 11.8. The molecule has 0 aliphatic carbocycles. The lowest BCUT2D eigenvalue weighted by molar-refractivity contribution is 0.0529. The number of cyclic esters (lactones) is 1. The van der Waals surface area contributed by atoms with Gasteiger partial charge in [-0.3, -0.25) is 9.69 Å². The van der Waals surface area contributed by atoms with E-state index in [0.29, 0.717) is 41.3 Å². The molecule has 35 heavy (non-hydrogen) atoms. The zero-order valence-electron chi connectivity index (χ0n) is 20.0. The van der Waals surface area contributed by atoms with Gasteiger partial charge in [-0.15, -0.1) is 11.3 Å². The van der Waals surface area contributed by atoms with Gasteiger partial charge in [0.15, 0.2) is 0 Å². The summed E-state index contributed by atoms with van der Waals surface area (Å²) in [6.07, 6.45) is -0.779. The number of fused-ring (bicyclic) bond motifs is 3. The number of rotatable bonds is 5. The fourth-order valence-electron chi connectivity index (χ4n) is 3.25. The molecule has 2 aliphatic heterocycles. The van der Waals surface area contributed by atoms with Gasteiger partial charge in [-0.25, -0.2) is 9.59 Å². The molecule has 0 radical (unpaired) electrons. The molecular formula is C23H29ClN4O6S. The Balaban J connectivity index is 0.000000287. The molecule has 190 valence electrons. The third-order valence-electron chi connectivity index (χ3n) is 4.76. The summed E-state index contributed by atoms with van der Waals surface area (Å²) in [5.74, 6) is 0.553. The average molecular weight is 525 g/mol. The van der Waals surface area contributed by atoms with E-state index in [-0.39, 0.29) is 18.0 Å². The van der Waals surface area contributed by atoms with E-state index in [0.717, 1.165) is 11.4 Å². The molecule has 12 heteroatoms.